The van der Waals surface area contributed by atoms with Gasteiger partial charge in [0, 0.05) is 36.6 Å². The number of ether oxygens (including phenoxy) is 1. The number of benzene rings is 1. The Bertz CT molecular complexity index is 338. The van der Waals surface area contributed by atoms with Gasteiger partial charge in [0.15, 0.2) is 0 Å². The standard InChI is InChI=1S/C12H18N2O/c1-2-15-9-8-14-7-6-10-11(13)4-3-5-12(10)14/h3-5H,2,6-9,13H2,1H3. The molecule has 0 saturated carbocycles. The van der Waals surface area contributed by atoms with Crippen molar-refractivity contribution in [2.75, 3.05) is 36.9 Å². The van der Waals surface area contributed by atoms with Crippen LogP contribution in [-0.4, -0.2) is 26.3 Å². The first-order valence-electron chi connectivity index (χ1n) is 5.53. The quantitative estimate of drug-likeness (QED) is 0.601. The highest BCUT2D eigenvalue weighted by Crippen LogP contribution is 2.31. The smallest absolute Gasteiger partial charge is 0.0641 e. The monoisotopic (exact) mass is 206 g/mol. The van der Waals surface area contributed by atoms with E-state index in [9.17, 15) is 0 Å². The van der Waals surface area contributed by atoms with Crippen molar-refractivity contribution in [3.8, 4) is 0 Å². The first-order valence-corrected chi connectivity index (χ1v) is 5.53. The fourth-order valence-electron chi connectivity index (χ4n) is 2.08. The van der Waals surface area contributed by atoms with Crippen LogP contribution in [0.4, 0.5) is 11.4 Å². The number of nitrogen functional groups attached to an aromatic ring is 1. The molecule has 0 bridgehead atoms. The van der Waals surface area contributed by atoms with E-state index >= 15 is 0 Å². The molecule has 2 N–H and O–H groups in total. The molecule has 2 rings (SSSR count). The molecule has 0 atom stereocenters. The normalized spacial score (nSPS) is 14.3. The maximum Gasteiger partial charge on any atom is 0.0641 e. The number of nitrogens with two attached hydrogens (primary N) is 1. The summed E-state index contributed by atoms with van der Waals surface area (Å²) in [5.41, 5.74) is 9.44. The van der Waals surface area contributed by atoms with Gasteiger partial charge in [0.2, 0.25) is 0 Å². The summed E-state index contributed by atoms with van der Waals surface area (Å²) in [6.45, 7) is 5.64. The molecule has 0 spiro atoms. The maximum absolute atomic E-state index is 5.93. The molecule has 0 saturated heterocycles. The van der Waals surface area contributed by atoms with Crippen LogP contribution in [-0.2, 0) is 11.2 Å². The topological polar surface area (TPSA) is 38.5 Å². The summed E-state index contributed by atoms with van der Waals surface area (Å²) >= 11 is 0. The SMILES string of the molecule is CCOCCN1CCc2c(N)cccc21. The molecule has 82 valence electrons. The van der Waals surface area contributed by atoms with Gasteiger partial charge in [-0.15, -0.1) is 0 Å². The second kappa shape index (κ2) is 4.53. The van der Waals surface area contributed by atoms with Crippen molar-refractivity contribution in [2.24, 2.45) is 0 Å². The van der Waals surface area contributed by atoms with Gasteiger partial charge in [0.25, 0.3) is 0 Å². The Morgan fingerprint density at radius 3 is 3.13 bits per heavy atom. The molecule has 1 aromatic rings. The minimum absolute atomic E-state index is 0.789. The van der Waals surface area contributed by atoms with E-state index in [1.807, 2.05) is 19.1 Å². The zero-order chi connectivity index (χ0) is 10.7. The molecule has 0 radical (unpaired) electrons. The van der Waals surface area contributed by atoms with Gasteiger partial charge in [0.1, 0.15) is 0 Å². The second-order valence-corrected chi connectivity index (χ2v) is 3.78. The lowest BCUT2D eigenvalue weighted by Crippen LogP contribution is -2.25. The highest BCUT2D eigenvalue weighted by molar-refractivity contribution is 5.68. The van der Waals surface area contributed by atoms with Crippen molar-refractivity contribution in [1.29, 1.82) is 0 Å². The zero-order valence-electron chi connectivity index (χ0n) is 9.20. The molecule has 0 aromatic heterocycles. The van der Waals surface area contributed by atoms with E-state index in [0.29, 0.717) is 0 Å². The molecular formula is C12H18N2O. The fourth-order valence-corrected chi connectivity index (χ4v) is 2.08. The van der Waals surface area contributed by atoms with E-state index in [1.54, 1.807) is 0 Å². The predicted molar refractivity (Wildman–Crippen MR) is 63.3 cm³/mol. The summed E-state index contributed by atoms with van der Waals surface area (Å²) in [5, 5.41) is 0. The van der Waals surface area contributed by atoms with Gasteiger partial charge in [-0.2, -0.15) is 0 Å². The van der Waals surface area contributed by atoms with Crippen molar-refractivity contribution >= 4 is 11.4 Å². The number of hydrogen-bond acceptors (Lipinski definition) is 3. The molecule has 1 aliphatic rings. The highest BCUT2D eigenvalue weighted by atomic mass is 16.5. The van der Waals surface area contributed by atoms with E-state index in [-0.39, 0.29) is 0 Å². The third-order valence-corrected chi connectivity index (χ3v) is 2.87. The van der Waals surface area contributed by atoms with Gasteiger partial charge in [-0.05, 0) is 25.5 Å². The van der Waals surface area contributed by atoms with Crippen LogP contribution < -0.4 is 10.6 Å². The minimum Gasteiger partial charge on any atom is -0.398 e. The Morgan fingerprint density at radius 2 is 2.33 bits per heavy atom. The van der Waals surface area contributed by atoms with E-state index in [4.69, 9.17) is 10.5 Å². The summed E-state index contributed by atoms with van der Waals surface area (Å²) in [7, 11) is 0. The van der Waals surface area contributed by atoms with E-state index < -0.39 is 0 Å². The maximum atomic E-state index is 5.93. The summed E-state index contributed by atoms with van der Waals surface area (Å²) in [5.74, 6) is 0. The Balaban J connectivity index is 2.05. The molecule has 15 heavy (non-hydrogen) atoms. The molecule has 0 aliphatic carbocycles. The lowest BCUT2D eigenvalue weighted by Gasteiger charge is -2.19. The molecule has 0 fully saturated rings. The molecule has 1 aromatic carbocycles. The summed E-state index contributed by atoms with van der Waals surface area (Å²) in [4.78, 5) is 2.35. The van der Waals surface area contributed by atoms with Crippen LogP contribution in [0.25, 0.3) is 0 Å². The van der Waals surface area contributed by atoms with Crippen LogP contribution in [0.5, 0.6) is 0 Å². The molecule has 1 heterocycles. The Kier molecular flexibility index (Phi) is 3.11. The van der Waals surface area contributed by atoms with Crippen LogP contribution in [0.2, 0.25) is 0 Å². The Morgan fingerprint density at radius 1 is 1.47 bits per heavy atom. The molecule has 0 amide bonds. The highest BCUT2D eigenvalue weighted by Gasteiger charge is 2.19. The third-order valence-electron chi connectivity index (χ3n) is 2.87. The third kappa shape index (κ3) is 2.07. The Hall–Kier alpha value is -1.22. The average molecular weight is 206 g/mol. The summed E-state index contributed by atoms with van der Waals surface area (Å²) in [6.07, 6.45) is 1.06. The van der Waals surface area contributed by atoms with Crippen molar-refractivity contribution in [1.82, 2.24) is 0 Å². The molecule has 3 nitrogen and oxygen atoms in total. The van der Waals surface area contributed by atoms with E-state index in [2.05, 4.69) is 11.0 Å². The van der Waals surface area contributed by atoms with Crippen molar-refractivity contribution < 1.29 is 4.74 Å². The van der Waals surface area contributed by atoms with Gasteiger partial charge in [-0.1, -0.05) is 6.07 Å². The number of nitrogens with zero attached hydrogens (tertiary/aromatic N) is 1. The minimum atomic E-state index is 0.789. The van der Waals surface area contributed by atoms with Crippen molar-refractivity contribution in [3.63, 3.8) is 0 Å². The van der Waals surface area contributed by atoms with E-state index in [0.717, 1.165) is 38.4 Å². The summed E-state index contributed by atoms with van der Waals surface area (Å²) in [6, 6.07) is 6.14. The lowest BCUT2D eigenvalue weighted by molar-refractivity contribution is 0.154. The van der Waals surface area contributed by atoms with Gasteiger partial charge < -0.3 is 15.4 Å². The van der Waals surface area contributed by atoms with Crippen LogP contribution in [0.1, 0.15) is 12.5 Å². The number of fused-ring (bicyclic) bond motifs is 1. The number of rotatable bonds is 4. The largest absolute Gasteiger partial charge is 0.398 e. The molecule has 3 heteroatoms. The van der Waals surface area contributed by atoms with E-state index in [1.165, 1.54) is 11.3 Å². The average Bonchev–Trinajstić information content (AvgIpc) is 2.64. The van der Waals surface area contributed by atoms with Crippen LogP contribution in [0.3, 0.4) is 0 Å². The molecule has 0 unspecified atom stereocenters. The zero-order valence-corrected chi connectivity index (χ0v) is 9.20. The first-order chi connectivity index (χ1) is 7.33. The van der Waals surface area contributed by atoms with Crippen LogP contribution in [0, 0.1) is 0 Å². The second-order valence-electron chi connectivity index (χ2n) is 3.78. The predicted octanol–water partition coefficient (Wildman–Crippen LogP) is 1.67. The van der Waals surface area contributed by atoms with Gasteiger partial charge in [-0.25, -0.2) is 0 Å². The van der Waals surface area contributed by atoms with Crippen molar-refractivity contribution in [2.45, 2.75) is 13.3 Å². The van der Waals surface area contributed by atoms with Gasteiger partial charge in [0.05, 0.1) is 6.61 Å². The van der Waals surface area contributed by atoms with Gasteiger partial charge >= 0.3 is 0 Å². The van der Waals surface area contributed by atoms with Gasteiger partial charge in [-0.3, -0.25) is 0 Å². The number of anilines is 2. The van der Waals surface area contributed by atoms with Crippen LogP contribution in [0.15, 0.2) is 18.2 Å². The molecular weight excluding hydrogens is 188 g/mol. The summed E-state index contributed by atoms with van der Waals surface area (Å²) < 4.78 is 5.37. The fraction of sp³-hybridized carbons (Fsp3) is 0.500. The van der Waals surface area contributed by atoms with Crippen molar-refractivity contribution in [3.05, 3.63) is 23.8 Å². The number of hydrogen-bond donors (Lipinski definition) is 1. The Labute approximate surface area is 90.8 Å². The molecule has 1 aliphatic heterocycles. The lowest BCUT2D eigenvalue weighted by atomic mass is 10.1. The van der Waals surface area contributed by atoms with Crippen LogP contribution >= 0.6 is 0 Å². The first kappa shape index (κ1) is 10.3.